The van der Waals surface area contributed by atoms with Gasteiger partial charge in [-0.15, -0.1) is 0 Å². The molecule has 59 heavy (non-hydrogen) atoms. The van der Waals surface area contributed by atoms with Crippen molar-refractivity contribution in [3.8, 4) is 16.8 Å². The zero-order valence-electron chi connectivity index (χ0n) is 32.2. The maximum atomic E-state index is 5.87. The van der Waals surface area contributed by atoms with Gasteiger partial charge < -0.3 is 41.8 Å². The van der Waals surface area contributed by atoms with Crippen LogP contribution in [0.15, 0.2) is 121 Å². The van der Waals surface area contributed by atoms with Crippen LogP contribution < -0.4 is 27.3 Å². The molecular weight excluding hydrogens is 742 g/mol. The van der Waals surface area contributed by atoms with Crippen molar-refractivity contribution in [2.24, 2.45) is 0 Å². The van der Waals surface area contributed by atoms with Crippen LogP contribution in [0.2, 0.25) is 0 Å². The number of nitrogens with zero attached hydrogens (tertiary/aromatic N) is 2. The zero-order valence-corrected chi connectivity index (χ0v) is 32.2. The number of nitrogens with one attached hydrogen (secondary N) is 1. The van der Waals surface area contributed by atoms with E-state index in [1.165, 1.54) is 0 Å². The van der Waals surface area contributed by atoms with Gasteiger partial charge in [-0.3, -0.25) is 10.1 Å². The molecule has 6 aromatic carbocycles. The lowest BCUT2D eigenvalue weighted by molar-refractivity contribution is 0.365. The van der Waals surface area contributed by atoms with Gasteiger partial charge in [-0.1, -0.05) is 72.8 Å². The third kappa shape index (κ3) is 6.28. The Morgan fingerprint density at radius 3 is 1.05 bits per heavy atom. The second kappa shape index (κ2) is 14.7. The normalized spacial score (nSPS) is 17.3. The molecule has 4 aliphatic heterocycles. The van der Waals surface area contributed by atoms with Crippen LogP contribution in [0.25, 0.3) is 60.4 Å². The van der Waals surface area contributed by atoms with Gasteiger partial charge in [0.15, 0.2) is 0 Å². The van der Waals surface area contributed by atoms with E-state index in [4.69, 9.17) is 37.2 Å². The third-order valence-corrected chi connectivity index (χ3v) is 11.8. The van der Waals surface area contributed by atoms with E-state index in [1.54, 1.807) is 0 Å². The summed E-state index contributed by atoms with van der Waals surface area (Å²) in [5.41, 5.74) is 16.3. The Morgan fingerprint density at radius 1 is 0.356 bits per heavy atom. The summed E-state index contributed by atoms with van der Waals surface area (Å²) in [4.78, 5) is 0. The fraction of sp³-hybridized carbons (Fsp3) is 0.182. The smallest absolute Gasteiger partial charge is 0.405 e. The molecular formula is C44H37B4N3O8. The van der Waals surface area contributed by atoms with Crippen molar-refractivity contribution >= 4 is 99.6 Å². The van der Waals surface area contributed by atoms with Crippen molar-refractivity contribution in [3.63, 3.8) is 0 Å². The molecule has 0 amide bonds. The molecule has 4 saturated heterocycles. The molecule has 12 rings (SSSR count). The first-order valence-corrected chi connectivity index (χ1v) is 20.3. The lowest BCUT2D eigenvalue weighted by Crippen LogP contribution is -2.31. The summed E-state index contributed by atoms with van der Waals surface area (Å²) in [6.07, 6.45) is 0. The average Bonchev–Trinajstić information content (AvgIpc) is 4.15. The van der Waals surface area contributed by atoms with Crippen LogP contribution in [0, 0.1) is 0 Å². The first kappa shape index (κ1) is 35.6. The summed E-state index contributed by atoms with van der Waals surface area (Å²) < 4.78 is 51.4. The van der Waals surface area contributed by atoms with Crippen LogP contribution in [-0.4, -0.2) is 90.6 Å². The Hall–Kier alpha value is -5.34. The Balaban J connectivity index is 0.860. The van der Waals surface area contributed by atoms with E-state index in [-0.39, 0.29) is 28.5 Å². The standard InChI is InChI=1S/C44H37B4N3O8/c1-9-35(49-51-43-15-7-33(47-56-21-22-57-47)27-39(43)40-28-34(8-16-44(40)51)48-58-23-24-59-48)10-2-29(1)30-3-11-36(12-4-30)50-41-13-5-31(45-52-17-18-53-45)25-37(41)38-26-32(6-14-42(38)50)46-54-19-20-55-46/h1-16,25-28,49H,17-24H2. The Kier molecular flexibility index (Phi) is 8.89. The van der Waals surface area contributed by atoms with Crippen molar-refractivity contribution < 1.29 is 37.2 Å². The van der Waals surface area contributed by atoms with Crippen molar-refractivity contribution in [3.05, 3.63) is 121 Å². The number of anilines is 1. The van der Waals surface area contributed by atoms with Crippen LogP contribution in [0.3, 0.4) is 0 Å². The molecule has 4 aliphatic rings. The Morgan fingerprint density at radius 2 is 0.678 bits per heavy atom. The van der Waals surface area contributed by atoms with Crippen molar-refractivity contribution in [1.29, 1.82) is 0 Å². The van der Waals surface area contributed by atoms with E-state index in [1.807, 2.05) is 0 Å². The SMILES string of the molecule is c1cc(-c2ccc(-n3c4ccc(B5OCCO5)cc4c4cc(B5OCCO5)ccc43)cc2)ccc1Nn1c2ccc(B3OCCO3)cc2c2cc(B3OCCO3)ccc21. The fourth-order valence-electron chi connectivity index (χ4n) is 8.97. The van der Waals surface area contributed by atoms with Crippen molar-refractivity contribution in [2.45, 2.75) is 0 Å². The first-order valence-electron chi connectivity index (χ1n) is 20.3. The highest BCUT2D eigenvalue weighted by molar-refractivity contribution is 6.63. The highest BCUT2D eigenvalue weighted by Crippen LogP contribution is 2.34. The van der Waals surface area contributed by atoms with E-state index in [2.05, 4.69) is 136 Å². The van der Waals surface area contributed by atoms with Crippen molar-refractivity contribution in [2.75, 3.05) is 58.3 Å². The molecule has 1 N–H and O–H groups in total. The van der Waals surface area contributed by atoms with Gasteiger partial charge in [-0.25, -0.2) is 0 Å². The predicted octanol–water partition coefficient (Wildman–Crippen LogP) is 4.40. The predicted molar refractivity (Wildman–Crippen MR) is 234 cm³/mol. The summed E-state index contributed by atoms with van der Waals surface area (Å²) >= 11 is 0. The molecule has 15 heteroatoms. The summed E-state index contributed by atoms with van der Waals surface area (Å²) in [5, 5.41) is 4.44. The molecule has 8 aromatic rings. The fourth-order valence-corrected chi connectivity index (χ4v) is 8.97. The molecule has 6 heterocycles. The van der Waals surface area contributed by atoms with Crippen LogP contribution in [-0.2, 0) is 37.2 Å². The highest BCUT2D eigenvalue weighted by Gasteiger charge is 2.31. The number of aromatic nitrogens is 2. The number of benzene rings is 6. The molecule has 0 unspecified atom stereocenters. The van der Waals surface area contributed by atoms with Gasteiger partial charge in [0.1, 0.15) is 0 Å². The van der Waals surface area contributed by atoms with Gasteiger partial charge >= 0.3 is 28.5 Å². The van der Waals surface area contributed by atoms with E-state index < -0.39 is 0 Å². The zero-order chi connectivity index (χ0) is 38.9. The maximum Gasteiger partial charge on any atom is 0.494 e. The molecule has 0 spiro atoms. The molecule has 0 bridgehead atoms. The molecule has 0 saturated carbocycles. The quantitative estimate of drug-likeness (QED) is 0.226. The molecule has 0 radical (unpaired) electrons. The summed E-state index contributed by atoms with van der Waals surface area (Å²) in [7, 11) is -1.43. The van der Waals surface area contributed by atoms with Crippen LogP contribution in [0.1, 0.15) is 0 Å². The lowest BCUT2D eigenvalue weighted by atomic mass is 9.77. The number of fused-ring (bicyclic) bond motifs is 6. The summed E-state index contributed by atoms with van der Waals surface area (Å²) in [6, 6.07) is 43.1. The topological polar surface area (TPSA) is 95.7 Å². The number of rotatable bonds is 8. The second-order valence-electron chi connectivity index (χ2n) is 15.3. The lowest BCUT2D eigenvalue weighted by Gasteiger charge is -2.13. The van der Waals surface area contributed by atoms with Gasteiger partial charge in [0.2, 0.25) is 0 Å². The van der Waals surface area contributed by atoms with Crippen LogP contribution >= 0.6 is 0 Å². The van der Waals surface area contributed by atoms with Crippen molar-refractivity contribution in [1.82, 2.24) is 9.24 Å². The van der Waals surface area contributed by atoms with Gasteiger partial charge in [0.25, 0.3) is 0 Å². The number of hydrogen-bond donors (Lipinski definition) is 1. The van der Waals surface area contributed by atoms with Gasteiger partial charge in [0, 0.05) is 27.2 Å². The van der Waals surface area contributed by atoms with E-state index >= 15 is 0 Å². The largest absolute Gasteiger partial charge is 0.494 e. The van der Waals surface area contributed by atoms with Crippen LogP contribution in [0.5, 0.6) is 0 Å². The van der Waals surface area contributed by atoms with Gasteiger partial charge in [0.05, 0.1) is 80.6 Å². The number of hydrogen-bond acceptors (Lipinski definition) is 9. The molecule has 11 nitrogen and oxygen atoms in total. The average molecular weight is 779 g/mol. The summed E-state index contributed by atoms with van der Waals surface area (Å²) in [5.74, 6) is 0. The Bertz CT molecular complexity index is 2720. The van der Waals surface area contributed by atoms with E-state index in [9.17, 15) is 0 Å². The van der Waals surface area contributed by atoms with E-state index in [0.29, 0.717) is 52.9 Å². The first-order chi connectivity index (χ1) is 29.2. The summed E-state index contributed by atoms with van der Waals surface area (Å²) in [6.45, 7) is 4.76. The van der Waals surface area contributed by atoms with Gasteiger partial charge in [-0.2, -0.15) is 0 Å². The minimum atomic E-state index is -0.361. The minimum Gasteiger partial charge on any atom is -0.405 e. The molecule has 2 aromatic heterocycles. The second-order valence-corrected chi connectivity index (χ2v) is 15.3. The Labute approximate surface area is 341 Å². The third-order valence-electron chi connectivity index (χ3n) is 11.8. The van der Waals surface area contributed by atoms with E-state index in [0.717, 1.165) is 88.0 Å². The molecule has 0 atom stereocenters. The monoisotopic (exact) mass is 779 g/mol. The maximum absolute atomic E-state index is 5.87. The molecule has 0 aliphatic carbocycles. The highest BCUT2D eigenvalue weighted by atomic mass is 16.6. The minimum absolute atomic E-state index is 0.355. The van der Waals surface area contributed by atoms with Gasteiger partial charge in [-0.05, 0) is 81.5 Å². The molecule has 288 valence electrons. The van der Waals surface area contributed by atoms with Crippen LogP contribution in [0.4, 0.5) is 5.69 Å². The molecule has 4 fully saturated rings.